The van der Waals surface area contributed by atoms with Gasteiger partial charge >= 0.3 is 6.03 Å². The molecule has 0 radical (unpaired) electrons. The van der Waals surface area contributed by atoms with Crippen molar-refractivity contribution in [3.05, 3.63) is 0 Å². The van der Waals surface area contributed by atoms with Crippen molar-refractivity contribution in [3.8, 4) is 0 Å². The zero-order valence-electron chi connectivity index (χ0n) is 11.6. The van der Waals surface area contributed by atoms with Gasteiger partial charge in [-0.25, -0.2) is 4.79 Å². The molecule has 0 aromatic heterocycles. The molecule has 19 heavy (non-hydrogen) atoms. The maximum absolute atomic E-state index is 11.5. The third-order valence-electron chi connectivity index (χ3n) is 3.53. The molecular formula is C13H23N3O2S. The minimum Gasteiger partial charge on any atom is -0.354 e. The number of fused-ring (bicyclic) bond motifs is 1. The number of urea groups is 1. The highest BCUT2D eigenvalue weighted by Gasteiger charge is 2.42. The first-order valence-electron chi connectivity index (χ1n) is 7.04. The van der Waals surface area contributed by atoms with E-state index in [1.807, 2.05) is 25.6 Å². The first-order valence-corrected chi connectivity index (χ1v) is 8.09. The first kappa shape index (κ1) is 14.5. The average Bonchev–Trinajstić information content (AvgIpc) is 2.83. The molecule has 0 bridgehead atoms. The van der Waals surface area contributed by atoms with Gasteiger partial charge in [-0.05, 0) is 26.7 Å². The number of rotatable bonds is 6. The quantitative estimate of drug-likeness (QED) is 0.508. The van der Waals surface area contributed by atoms with E-state index in [0.717, 1.165) is 25.0 Å². The Balaban J connectivity index is 1.61. The van der Waals surface area contributed by atoms with Gasteiger partial charge < -0.3 is 16.0 Å². The van der Waals surface area contributed by atoms with Gasteiger partial charge in [-0.2, -0.15) is 11.8 Å². The summed E-state index contributed by atoms with van der Waals surface area (Å²) in [7, 11) is 0. The molecule has 3 amide bonds. The van der Waals surface area contributed by atoms with Crippen molar-refractivity contribution in [1.29, 1.82) is 0 Å². The summed E-state index contributed by atoms with van der Waals surface area (Å²) in [6.45, 7) is 3.95. The largest absolute Gasteiger partial charge is 0.354 e. The summed E-state index contributed by atoms with van der Waals surface area (Å²) < 4.78 is 0. The number of amides is 3. The molecule has 2 aliphatic heterocycles. The Morgan fingerprint density at radius 1 is 1.42 bits per heavy atom. The highest BCUT2D eigenvalue weighted by Crippen LogP contribution is 2.33. The van der Waals surface area contributed by atoms with E-state index in [1.54, 1.807) is 0 Å². The zero-order chi connectivity index (χ0) is 13.8. The minimum atomic E-state index is -0.0309. The van der Waals surface area contributed by atoms with E-state index < -0.39 is 0 Å². The van der Waals surface area contributed by atoms with Gasteiger partial charge in [0.25, 0.3) is 0 Å². The fraction of sp³-hybridized carbons (Fsp3) is 0.846. The lowest BCUT2D eigenvalue weighted by Gasteiger charge is -2.16. The molecule has 2 heterocycles. The summed E-state index contributed by atoms with van der Waals surface area (Å²) in [4.78, 5) is 22.7. The van der Waals surface area contributed by atoms with Crippen LogP contribution in [-0.2, 0) is 4.79 Å². The smallest absolute Gasteiger partial charge is 0.315 e. The molecule has 3 N–H and O–H groups in total. The molecule has 2 saturated heterocycles. The van der Waals surface area contributed by atoms with Gasteiger partial charge in [-0.1, -0.05) is 6.42 Å². The van der Waals surface area contributed by atoms with E-state index in [0.29, 0.717) is 17.7 Å². The van der Waals surface area contributed by atoms with Crippen LogP contribution < -0.4 is 16.0 Å². The monoisotopic (exact) mass is 285 g/mol. The molecule has 2 rings (SSSR count). The fourth-order valence-corrected chi connectivity index (χ4v) is 4.21. The van der Waals surface area contributed by atoms with Crippen molar-refractivity contribution in [2.24, 2.45) is 0 Å². The van der Waals surface area contributed by atoms with E-state index in [2.05, 4.69) is 16.0 Å². The topological polar surface area (TPSA) is 70.2 Å². The SMILES string of the molecule is CC(C)NC(=O)CCCC[C@@H]1SC[C@@H]2NC(=O)N[C@@H]21. The van der Waals surface area contributed by atoms with Crippen LogP contribution in [0, 0.1) is 0 Å². The van der Waals surface area contributed by atoms with Gasteiger partial charge in [0.2, 0.25) is 5.91 Å². The van der Waals surface area contributed by atoms with E-state index >= 15 is 0 Å². The zero-order valence-corrected chi connectivity index (χ0v) is 12.4. The lowest BCUT2D eigenvalue weighted by atomic mass is 10.0. The molecule has 0 unspecified atom stereocenters. The second-order valence-electron chi connectivity index (χ2n) is 5.59. The van der Waals surface area contributed by atoms with E-state index in [1.165, 1.54) is 0 Å². The van der Waals surface area contributed by atoms with Crippen molar-refractivity contribution in [2.45, 2.75) is 62.9 Å². The second kappa shape index (κ2) is 6.50. The third kappa shape index (κ3) is 4.03. The summed E-state index contributed by atoms with van der Waals surface area (Å²) in [5.74, 6) is 1.14. The van der Waals surface area contributed by atoms with Crippen LogP contribution in [0.25, 0.3) is 0 Å². The van der Waals surface area contributed by atoms with Crippen LogP contribution in [0.2, 0.25) is 0 Å². The lowest BCUT2D eigenvalue weighted by Crippen LogP contribution is -2.36. The standard InChI is InChI=1S/C13H23N3O2S/c1-8(2)14-11(17)6-4-3-5-10-12-9(7-19-10)15-13(18)16-12/h8-10,12H,3-7H2,1-2H3,(H,14,17)(H2,15,16,18)/t9-,10-,12-/m0/s1. The molecule has 2 fully saturated rings. The molecule has 0 aromatic carbocycles. The summed E-state index contributed by atoms with van der Waals surface area (Å²) in [6, 6.07) is 0.767. The number of carbonyl (C=O) groups excluding carboxylic acids is 2. The Bertz CT molecular complexity index is 349. The number of carbonyl (C=O) groups is 2. The molecule has 3 atom stereocenters. The first-order chi connectivity index (χ1) is 9.06. The van der Waals surface area contributed by atoms with Crippen LogP contribution in [0.1, 0.15) is 39.5 Å². The van der Waals surface area contributed by atoms with Gasteiger partial charge in [-0.15, -0.1) is 0 Å². The number of hydrogen-bond acceptors (Lipinski definition) is 3. The number of thioether (sulfide) groups is 1. The Morgan fingerprint density at radius 3 is 2.95 bits per heavy atom. The Hall–Kier alpha value is -0.910. The highest BCUT2D eigenvalue weighted by atomic mass is 32.2. The average molecular weight is 285 g/mol. The third-order valence-corrected chi connectivity index (χ3v) is 5.04. The van der Waals surface area contributed by atoms with Crippen molar-refractivity contribution in [3.63, 3.8) is 0 Å². The highest BCUT2D eigenvalue weighted by molar-refractivity contribution is 8.00. The van der Waals surface area contributed by atoms with Gasteiger partial charge in [0.1, 0.15) is 0 Å². The molecule has 5 nitrogen and oxygen atoms in total. The van der Waals surface area contributed by atoms with E-state index in [-0.39, 0.29) is 24.0 Å². The summed E-state index contributed by atoms with van der Waals surface area (Å²) in [6.07, 6.45) is 3.65. The Labute approximate surface area is 118 Å². The molecule has 0 aromatic rings. The van der Waals surface area contributed by atoms with E-state index in [4.69, 9.17) is 0 Å². The van der Waals surface area contributed by atoms with Crippen LogP contribution in [0.15, 0.2) is 0 Å². The van der Waals surface area contributed by atoms with Gasteiger partial charge in [-0.3, -0.25) is 4.79 Å². The van der Waals surface area contributed by atoms with Crippen LogP contribution >= 0.6 is 11.8 Å². The molecule has 0 saturated carbocycles. The van der Waals surface area contributed by atoms with Crippen LogP contribution in [0.5, 0.6) is 0 Å². The van der Waals surface area contributed by atoms with Crippen LogP contribution in [0.4, 0.5) is 4.79 Å². The van der Waals surface area contributed by atoms with Crippen LogP contribution in [-0.4, -0.2) is 41.1 Å². The minimum absolute atomic E-state index is 0.0309. The van der Waals surface area contributed by atoms with Gasteiger partial charge in [0.15, 0.2) is 0 Å². The molecule has 2 aliphatic rings. The van der Waals surface area contributed by atoms with Gasteiger partial charge in [0, 0.05) is 23.5 Å². The summed E-state index contributed by atoms with van der Waals surface area (Å²) >= 11 is 1.93. The lowest BCUT2D eigenvalue weighted by molar-refractivity contribution is -0.121. The summed E-state index contributed by atoms with van der Waals surface area (Å²) in [5.41, 5.74) is 0. The predicted octanol–water partition coefficient (Wildman–Crippen LogP) is 1.24. The van der Waals surface area contributed by atoms with Crippen molar-refractivity contribution < 1.29 is 9.59 Å². The predicted molar refractivity (Wildman–Crippen MR) is 77.2 cm³/mol. The van der Waals surface area contributed by atoms with Crippen molar-refractivity contribution in [2.75, 3.05) is 5.75 Å². The molecule has 108 valence electrons. The van der Waals surface area contributed by atoms with Crippen molar-refractivity contribution >= 4 is 23.7 Å². The van der Waals surface area contributed by atoms with Crippen molar-refractivity contribution in [1.82, 2.24) is 16.0 Å². The Morgan fingerprint density at radius 2 is 2.21 bits per heavy atom. The van der Waals surface area contributed by atoms with Gasteiger partial charge in [0.05, 0.1) is 12.1 Å². The fourth-order valence-electron chi connectivity index (χ4n) is 2.67. The molecule has 0 aliphatic carbocycles. The maximum Gasteiger partial charge on any atom is 0.315 e. The maximum atomic E-state index is 11.5. The van der Waals surface area contributed by atoms with E-state index in [9.17, 15) is 9.59 Å². The Kier molecular flexibility index (Phi) is 4.96. The second-order valence-corrected chi connectivity index (χ2v) is 6.86. The number of nitrogens with one attached hydrogen (secondary N) is 3. The molecular weight excluding hydrogens is 262 g/mol. The molecule has 0 spiro atoms. The number of hydrogen-bond donors (Lipinski definition) is 3. The molecule has 6 heteroatoms. The normalized spacial score (nSPS) is 29.0. The summed E-state index contributed by atoms with van der Waals surface area (Å²) in [5, 5.41) is 9.33. The number of unbranched alkanes of at least 4 members (excludes halogenated alkanes) is 1. The van der Waals surface area contributed by atoms with Crippen LogP contribution in [0.3, 0.4) is 0 Å².